The molecule has 3 aromatic rings. The predicted octanol–water partition coefficient (Wildman–Crippen LogP) is 5.56. The second-order valence-corrected chi connectivity index (χ2v) is 11.8. The van der Waals surface area contributed by atoms with Gasteiger partial charge in [-0.1, -0.05) is 6.07 Å². The van der Waals surface area contributed by atoms with Crippen molar-refractivity contribution in [3.8, 4) is 11.3 Å². The van der Waals surface area contributed by atoms with Gasteiger partial charge in [0.2, 0.25) is 0 Å². The zero-order valence-electron chi connectivity index (χ0n) is 22.4. The van der Waals surface area contributed by atoms with Gasteiger partial charge >= 0.3 is 6.09 Å². The van der Waals surface area contributed by atoms with Crippen LogP contribution in [-0.2, 0) is 9.47 Å². The number of aromatic nitrogens is 3. The van der Waals surface area contributed by atoms with E-state index in [2.05, 4.69) is 20.9 Å². The number of hydrogen-bond acceptors (Lipinski definition) is 6. The van der Waals surface area contributed by atoms with E-state index >= 15 is 0 Å². The number of fused-ring (bicyclic) bond motifs is 1. The first-order valence-corrected chi connectivity index (χ1v) is 13.9. The van der Waals surface area contributed by atoms with Gasteiger partial charge in [-0.3, -0.25) is 4.79 Å². The fourth-order valence-corrected chi connectivity index (χ4v) is 5.30. The Balaban J connectivity index is 1.36. The van der Waals surface area contributed by atoms with E-state index < -0.39 is 5.60 Å². The van der Waals surface area contributed by atoms with Crippen LogP contribution < -0.4 is 0 Å². The van der Waals surface area contributed by atoms with Crippen LogP contribution in [0.15, 0.2) is 34.9 Å². The van der Waals surface area contributed by atoms with Crippen molar-refractivity contribution < 1.29 is 19.1 Å². The van der Waals surface area contributed by atoms with Gasteiger partial charge in [-0.15, -0.1) is 0 Å². The number of piperazine rings is 1. The molecule has 0 N–H and O–H groups in total. The summed E-state index contributed by atoms with van der Waals surface area (Å²) in [4.78, 5) is 33.9. The first-order chi connectivity index (χ1) is 18.1. The van der Waals surface area contributed by atoms with Crippen LogP contribution in [0.4, 0.5) is 4.79 Å². The highest BCUT2D eigenvalue weighted by Gasteiger charge is 2.29. The number of ether oxygens (including phenoxy) is 2. The highest BCUT2D eigenvalue weighted by atomic mass is 79.9. The summed E-state index contributed by atoms with van der Waals surface area (Å²) in [6.45, 7) is 10.1. The van der Waals surface area contributed by atoms with Gasteiger partial charge < -0.3 is 19.3 Å². The van der Waals surface area contributed by atoms with Crippen molar-refractivity contribution in [2.45, 2.75) is 58.8 Å². The molecule has 0 saturated carbocycles. The lowest BCUT2D eigenvalue weighted by Gasteiger charge is -2.35. The van der Waals surface area contributed by atoms with Crippen molar-refractivity contribution in [2.24, 2.45) is 0 Å². The maximum Gasteiger partial charge on any atom is 0.410 e. The van der Waals surface area contributed by atoms with Gasteiger partial charge in [0.25, 0.3) is 5.91 Å². The Kier molecular flexibility index (Phi) is 7.46. The Bertz CT molecular complexity index is 1350. The van der Waals surface area contributed by atoms with Crippen LogP contribution in [0, 0.1) is 6.92 Å². The lowest BCUT2D eigenvalue weighted by Crippen LogP contribution is -2.51. The number of carbonyl (C=O) groups is 2. The number of benzene rings is 1. The third-order valence-electron chi connectivity index (χ3n) is 6.89. The van der Waals surface area contributed by atoms with Gasteiger partial charge in [-0.25, -0.2) is 14.5 Å². The minimum Gasteiger partial charge on any atom is -0.444 e. The number of carbonyl (C=O) groups excluding carboxylic acids is 2. The predicted molar refractivity (Wildman–Crippen MR) is 148 cm³/mol. The van der Waals surface area contributed by atoms with Gasteiger partial charge in [-0.2, -0.15) is 5.10 Å². The van der Waals surface area contributed by atoms with Crippen molar-refractivity contribution in [1.82, 2.24) is 24.6 Å². The van der Waals surface area contributed by atoms with Crippen molar-refractivity contribution in [2.75, 3.05) is 32.8 Å². The molecule has 0 radical (unpaired) electrons. The second kappa shape index (κ2) is 10.6. The maximum atomic E-state index is 13.4. The van der Waals surface area contributed by atoms with Crippen molar-refractivity contribution in [1.29, 1.82) is 0 Å². The minimum atomic E-state index is -0.542. The first-order valence-electron chi connectivity index (χ1n) is 13.1. The van der Waals surface area contributed by atoms with Crippen LogP contribution >= 0.6 is 15.9 Å². The summed E-state index contributed by atoms with van der Waals surface area (Å²) in [6.07, 6.45) is 4.38. The summed E-state index contributed by atoms with van der Waals surface area (Å²) >= 11 is 3.55. The van der Waals surface area contributed by atoms with Gasteiger partial charge in [0.15, 0.2) is 11.9 Å². The molecule has 9 nitrogen and oxygen atoms in total. The molecule has 1 aromatic carbocycles. The highest BCUT2D eigenvalue weighted by Crippen LogP contribution is 2.34. The highest BCUT2D eigenvalue weighted by molar-refractivity contribution is 9.10. The summed E-state index contributed by atoms with van der Waals surface area (Å²) < 4.78 is 14.3. The minimum absolute atomic E-state index is 0.0340. The molecule has 0 bridgehead atoms. The average Bonchev–Trinajstić information content (AvgIpc) is 3.26. The van der Waals surface area contributed by atoms with E-state index in [-0.39, 0.29) is 18.2 Å². The fourth-order valence-electron chi connectivity index (χ4n) is 4.97. The second-order valence-electron chi connectivity index (χ2n) is 10.9. The van der Waals surface area contributed by atoms with Crippen molar-refractivity contribution in [3.63, 3.8) is 0 Å². The molecule has 10 heteroatoms. The molecule has 202 valence electrons. The van der Waals surface area contributed by atoms with Crippen LogP contribution in [0.5, 0.6) is 0 Å². The number of hydrogen-bond donors (Lipinski definition) is 0. The van der Waals surface area contributed by atoms with Crippen LogP contribution in [-0.4, -0.2) is 75.0 Å². The van der Waals surface area contributed by atoms with Gasteiger partial charge in [-0.05, 0) is 86.6 Å². The number of halogens is 1. The van der Waals surface area contributed by atoms with Gasteiger partial charge in [0.1, 0.15) is 11.3 Å². The molecule has 1 unspecified atom stereocenters. The largest absolute Gasteiger partial charge is 0.444 e. The van der Waals surface area contributed by atoms with E-state index in [1.165, 1.54) is 0 Å². The Morgan fingerprint density at radius 2 is 1.82 bits per heavy atom. The molecule has 4 heterocycles. The topological polar surface area (TPSA) is 89.8 Å². The van der Waals surface area contributed by atoms with Crippen molar-refractivity contribution in [3.05, 3.63) is 46.1 Å². The molecular formula is C28H34BrN5O4. The van der Waals surface area contributed by atoms with E-state index in [1.54, 1.807) is 16.0 Å². The lowest BCUT2D eigenvalue weighted by molar-refractivity contribution is -0.0368. The number of rotatable bonds is 3. The van der Waals surface area contributed by atoms with E-state index in [9.17, 15) is 9.59 Å². The quantitative estimate of drug-likeness (QED) is 0.401. The zero-order chi connectivity index (χ0) is 27.0. The summed E-state index contributed by atoms with van der Waals surface area (Å²) in [5.74, 6) is -0.0340. The fraction of sp³-hybridized carbons (Fsp3) is 0.500. The molecule has 2 saturated heterocycles. The number of nitrogens with zero attached hydrogens (tertiary/aromatic N) is 5. The van der Waals surface area contributed by atoms with E-state index in [0.29, 0.717) is 31.7 Å². The molecule has 5 rings (SSSR count). The van der Waals surface area contributed by atoms with E-state index in [1.807, 2.05) is 56.6 Å². The monoisotopic (exact) mass is 583 g/mol. The van der Waals surface area contributed by atoms with Crippen LogP contribution in [0.2, 0.25) is 0 Å². The Hall–Kier alpha value is -2.98. The van der Waals surface area contributed by atoms with Crippen LogP contribution in [0.3, 0.4) is 0 Å². The van der Waals surface area contributed by atoms with Crippen LogP contribution in [0.25, 0.3) is 22.3 Å². The zero-order valence-corrected chi connectivity index (χ0v) is 24.0. The number of pyridine rings is 1. The molecule has 2 aliphatic rings. The summed E-state index contributed by atoms with van der Waals surface area (Å²) in [5, 5.41) is 5.88. The standard InChI is InChI=1S/C28H34BrN5O4/c1-18-15-19(24-22-16-20(29)17-30-25(22)34(31-24)23-7-5-6-14-37-23)8-9-21(18)26(35)32-10-12-33(13-11-32)27(36)38-28(2,3)4/h8-9,15-17,23H,5-7,10-14H2,1-4H3. The third-order valence-corrected chi connectivity index (χ3v) is 7.32. The SMILES string of the molecule is Cc1cc(-c2nn(C3CCCCO3)c3ncc(Br)cc23)ccc1C(=O)N1CCN(C(=O)OC(C)(C)C)CC1. The van der Waals surface area contributed by atoms with Gasteiger partial charge in [0.05, 0.1) is 0 Å². The van der Waals surface area contributed by atoms with Gasteiger partial charge in [0, 0.05) is 60.0 Å². The Morgan fingerprint density at radius 3 is 2.47 bits per heavy atom. The number of aryl methyl sites for hydroxylation is 1. The summed E-state index contributed by atoms with van der Waals surface area (Å²) in [6, 6.07) is 7.87. The summed E-state index contributed by atoms with van der Waals surface area (Å²) in [5.41, 5.74) is 3.51. The molecule has 2 aromatic heterocycles. The molecule has 2 fully saturated rings. The first kappa shape index (κ1) is 26.6. The lowest BCUT2D eigenvalue weighted by atomic mass is 10.0. The third kappa shape index (κ3) is 5.56. The summed E-state index contributed by atoms with van der Waals surface area (Å²) in [7, 11) is 0. The Labute approximate surface area is 231 Å². The molecule has 2 amide bonds. The molecular weight excluding hydrogens is 550 g/mol. The molecule has 0 spiro atoms. The molecule has 0 aliphatic carbocycles. The molecule has 38 heavy (non-hydrogen) atoms. The van der Waals surface area contributed by atoms with Crippen LogP contribution in [0.1, 0.15) is 62.2 Å². The molecule has 1 atom stereocenters. The molecule has 2 aliphatic heterocycles. The van der Waals surface area contributed by atoms with E-state index in [0.717, 1.165) is 58.2 Å². The average molecular weight is 585 g/mol. The van der Waals surface area contributed by atoms with E-state index in [4.69, 9.17) is 14.6 Å². The van der Waals surface area contributed by atoms with Crippen molar-refractivity contribution >= 4 is 39.0 Å². The Morgan fingerprint density at radius 1 is 1.08 bits per heavy atom. The maximum absolute atomic E-state index is 13.4. The smallest absolute Gasteiger partial charge is 0.410 e. The normalized spacial score (nSPS) is 18.6. The number of amides is 2.